The quantitative estimate of drug-likeness (QED) is 0.752. The molecule has 1 aromatic carbocycles. The van der Waals surface area contributed by atoms with E-state index in [0.29, 0.717) is 13.0 Å². The molecule has 0 heterocycles. The molecule has 7 heteroatoms. The van der Waals surface area contributed by atoms with E-state index in [9.17, 15) is 17.6 Å². The molecule has 0 spiro atoms. The first-order valence-corrected chi connectivity index (χ1v) is 8.96. The number of carbonyl (C=O) groups excluding carboxylic acids is 1. The number of hydrogen-bond acceptors (Lipinski definition) is 3. The van der Waals surface area contributed by atoms with Gasteiger partial charge >= 0.3 is 0 Å². The Morgan fingerprint density at radius 1 is 1.27 bits per heavy atom. The third kappa shape index (κ3) is 7.00. The summed E-state index contributed by atoms with van der Waals surface area (Å²) in [5, 5.41) is 0. The van der Waals surface area contributed by atoms with Crippen LogP contribution in [0.1, 0.15) is 32.3 Å². The molecule has 0 aliphatic heterocycles. The molecule has 22 heavy (non-hydrogen) atoms. The van der Waals surface area contributed by atoms with Gasteiger partial charge < -0.3 is 4.90 Å². The Hall–Kier alpha value is -1.47. The van der Waals surface area contributed by atoms with Crippen LogP contribution in [0.2, 0.25) is 0 Å². The molecule has 0 aliphatic rings. The molecule has 1 aromatic rings. The summed E-state index contributed by atoms with van der Waals surface area (Å²) in [4.78, 5) is 13.1. The maximum absolute atomic E-state index is 12.9. The summed E-state index contributed by atoms with van der Waals surface area (Å²) in [6, 6.07) is 5.88. The molecule has 1 amide bonds. The number of rotatable bonds is 9. The van der Waals surface area contributed by atoms with Crippen molar-refractivity contribution in [3.8, 4) is 0 Å². The molecule has 0 aromatic heterocycles. The van der Waals surface area contributed by atoms with Gasteiger partial charge in [-0.1, -0.05) is 25.5 Å². The van der Waals surface area contributed by atoms with Crippen LogP contribution < -0.4 is 4.72 Å². The zero-order chi connectivity index (χ0) is 16.6. The van der Waals surface area contributed by atoms with E-state index in [4.69, 9.17) is 0 Å². The van der Waals surface area contributed by atoms with Gasteiger partial charge in [-0.3, -0.25) is 4.79 Å². The first-order chi connectivity index (χ1) is 10.3. The number of amides is 1. The van der Waals surface area contributed by atoms with Crippen molar-refractivity contribution in [2.75, 3.05) is 18.8 Å². The molecule has 0 bridgehead atoms. The van der Waals surface area contributed by atoms with Crippen LogP contribution in [0.3, 0.4) is 0 Å². The Morgan fingerprint density at radius 3 is 2.45 bits per heavy atom. The molecule has 0 saturated heterocycles. The third-order valence-corrected chi connectivity index (χ3v) is 4.67. The molecule has 0 atom stereocenters. The maximum atomic E-state index is 12.9. The van der Waals surface area contributed by atoms with E-state index in [1.165, 1.54) is 24.0 Å². The summed E-state index contributed by atoms with van der Waals surface area (Å²) in [7, 11) is -3.28. The van der Waals surface area contributed by atoms with E-state index in [1.807, 2.05) is 6.92 Å². The fraction of sp³-hybridized carbons (Fsp3) is 0.533. The van der Waals surface area contributed by atoms with Gasteiger partial charge in [-0.15, -0.1) is 0 Å². The van der Waals surface area contributed by atoms with Crippen molar-refractivity contribution in [3.63, 3.8) is 0 Å². The molecule has 0 fully saturated rings. The Balaban J connectivity index is 2.51. The molecule has 5 nitrogen and oxygen atoms in total. The summed E-state index contributed by atoms with van der Waals surface area (Å²) in [6.07, 6.45) is 1.42. The fourth-order valence-corrected chi connectivity index (χ4v) is 3.12. The highest BCUT2D eigenvalue weighted by molar-refractivity contribution is 7.89. The number of halogens is 1. The minimum absolute atomic E-state index is 0.0987. The highest BCUT2D eigenvalue weighted by Crippen LogP contribution is 2.07. The number of hydrogen-bond donors (Lipinski definition) is 1. The number of benzene rings is 1. The third-order valence-electron chi connectivity index (χ3n) is 3.20. The predicted octanol–water partition coefficient (Wildman–Crippen LogP) is 1.89. The molecule has 0 aliphatic carbocycles. The van der Waals surface area contributed by atoms with Crippen molar-refractivity contribution in [1.29, 1.82) is 0 Å². The lowest BCUT2D eigenvalue weighted by molar-refractivity contribution is -0.129. The normalized spacial score (nSPS) is 11.4. The number of unbranched alkanes of at least 4 members (excludes halogenated alkanes) is 1. The molecular weight excluding hydrogens is 307 g/mol. The molecule has 0 unspecified atom stereocenters. The van der Waals surface area contributed by atoms with Crippen molar-refractivity contribution < 1.29 is 17.6 Å². The molecular formula is C15H23FN2O3S. The van der Waals surface area contributed by atoms with Crippen LogP contribution in [0.15, 0.2) is 24.3 Å². The second-order valence-electron chi connectivity index (χ2n) is 5.13. The number of carbonyl (C=O) groups is 1. The van der Waals surface area contributed by atoms with Crippen molar-refractivity contribution in [2.24, 2.45) is 0 Å². The minimum atomic E-state index is -3.28. The lowest BCUT2D eigenvalue weighted by atomic mass is 10.2. The van der Waals surface area contributed by atoms with Gasteiger partial charge in [0.05, 0.1) is 5.75 Å². The van der Waals surface area contributed by atoms with E-state index in [0.717, 1.165) is 12.0 Å². The van der Waals surface area contributed by atoms with Crippen molar-refractivity contribution in [1.82, 2.24) is 9.62 Å². The number of nitrogens with one attached hydrogen (secondary N) is 1. The topological polar surface area (TPSA) is 66.5 Å². The average molecular weight is 330 g/mol. The Morgan fingerprint density at radius 2 is 1.91 bits per heavy atom. The molecule has 1 N–H and O–H groups in total. The van der Waals surface area contributed by atoms with Gasteiger partial charge in [-0.25, -0.2) is 17.5 Å². The molecule has 0 radical (unpaired) electrons. The lowest BCUT2D eigenvalue weighted by Crippen LogP contribution is -2.37. The summed E-state index contributed by atoms with van der Waals surface area (Å²) >= 11 is 0. The smallest absolute Gasteiger partial charge is 0.219 e. The fourth-order valence-electron chi connectivity index (χ4n) is 1.90. The minimum Gasteiger partial charge on any atom is -0.337 e. The second-order valence-corrected chi connectivity index (χ2v) is 7.06. The highest BCUT2D eigenvalue weighted by atomic mass is 32.2. The van der Waals surface area contributed by atoms with Gasteiger partial charge in [0.1, 0.15) is 5.82 Å². The Bertz CT molecular complexity index is 573. The van der Waals surface area contributed by atoms with Crippen molar-refractivity contribution >= 4 is 15.9 Å². The van der Waals surface area contributed by atoms with Crippen molar-refractivity contribution in [3.05, 3.63) is 35.6 Å². The van der Waals surface area contributed by atoms with E-state index < -0.39 is 10.0 Å². The van der Waals surface area contributed by atoms with Crippen LogP contribution in [-0.2, 0) is 21.4 Å². The van der Waals surface area contributed by atoms with Crippen LogP contribution in [0, 0.1) is 5.82 Å². The van der Waals surface area contributed by atoms with Crippen LogP contribution >= 0.6 is 0 Å². The van der Waals surface area contributed by atoms with Crippen LogP contribution in [0.4, 0.5) is 4.39 Å². The largest absolute Gasteiger partial charge is 0.337 e. The van der Waals surface area contributed by atoms with Gasteiger partial charge in [-0.05, 0) is 24.1 Å². The molecule has 1 rings (SSSR count). The maximum Gasteiger partial charge on any atom is 0.219 e. The lowest BCUT2D eigenvalue weighted by Gasteiger charge is -2.21. The highest BCUT2D eigenvalue weighted by Gasteiger charge is 2.12. The van der Waals surface area contributed by atoms with Gasteiger partial charge in [0.2, 0.25) is 15.9 Å². The summed E-state index contributed by atoms with van der Waals surface area (Å²) in [5.74, 6) is -0.388. The van der Waals surface area contributed by atoms with Crippen LogP contribution in [-0.4, -0.2) is 38.1 Å². The first-order valence-electron chi connectivity index (χ1n) is 7.31. The monoisotopic (exact) mass is 330 g/mol. The second kappa shape index (κ2) is 8.85. The first kappa shape index (κ1) is 18.6. The summed E-state index contributed by atoms with van der Waals surface area (Å²) in [5.41, 5.74) is 0.797. The standard InChI is InChI=1S/C15H23FN2O3S/c1-3-4-11-22(20,21)17-9-10-18(13(2)19)12-14-5-7-15(16)8-6-14/h5-8,17H,3-4,9-12H2,1-2H3. The number of sulfonamides is 1. The van der Waals surface area contributed by atoms with Crippen molar-refractivity contribution in [2.45, 2.75) is 33.2 Å². The number of nitrogens with zero attached hydrogens (tertiary/aromatic N) is 1. The van der Waals surface area contributed by atoms with E-state index in [-0.39, 0.29) is 30.6 Å². The van der Waals surface area contributed by atoms with Gasteiger partial charge in [-0.2, -0.15) is 0 Å². The summed E-state index contributed by atoms with van der Waals surface area (Å²) < 4.78 is 38.7. The van der Waals surface area contributed by atoms with Crippen LogP contribution in [0.25, 0.3) is 0 Å². The summed E-state index contributed by atoms with van der Waals surface area (Å²) in [6.45, 7) is 4.13. The van der Waals surface area contributed by atoms with Crippen LogP contribution in [0.5, 0.6) is 0 Å². The zero-order valence-electron chi connectivity index (χ0n) is 13.0. The zero-order valence-corrected chi connectivity index (χ0v) is 13.8. The molecule has 124 valence electrons. The van der Waals surface area contributed by atoms with Gasteiger partial charge in [0.15, 0.2) is 0 Å². The molecule has 0 saturated carbocycles. The Labute approximate surface area is 131 Å². The van der Waals surface area contributed by atoms with Gasteiger partial charge in [0, 0.05) is 26.6 Å². The average Bonchev–Trinajstić information content (AvgIpc) is 2.46. The van der Waals surface area contributed by atoms with E-state index >= 15 is 0 Å². The van der Waals surface area contributed by atoms with E-state index in [2.05, 4.69) is 4.72 Å². The Kier molecular flexibility index (Phi) is 7.47. The predicted molar refractivity (Wildman–Crippen MR) is 84.2 cm³/mol. The van der Waals surface area contributed by atoms with E-state index in [1.54, 1.807) is 12.1 Å². The SMILES string of the molecule is CCCCS(=O)(=O)NCCN(Cc1ccc(F)cc1)C(C)=O. The van der Waals surface area contributed by atoms with Gasteiger partial charge in [0.25, 0.3) is 0 Å².